The average molecular weight is 247 g/mol. The molecule has 0 saturated heterocycles. The molecule has 3 nitrogen and oxygen atoms in total. The third kappa shape index (κ3) is 2.96. The third-order valence-electron chi connectivity index (χ3n) is 2.73. The summed E-state index contributed by atoms with van der Waals surface area (Å²) >= 11 is 0. The fraction of sp³-hybridized carbons (Fsp3) is 0.357. The van der Waals surface area contributed by atoms with E-state index < -0.39 is 0 Å². The van der Waals surface area contributed by atoms with Crippen molar-refractivity contribution in [1.82, 2.24) is 14.9 Å². The molecular weight excluding hydrogens is 229 g/mol. The van der Waals surface area contributed by atoms with E-state index in [9.17, 15) is 4.39 Å². The number of nitrogens with zero attached hydrogens (tertiary/aromatic N) is 2. The second-order valence-electron chi connectivity index (χ2n) is 4.73. The van der Waals surface area contributed by atoms with Gasteiger partial charge in [0.05, 0.1) is 12.0 Å². The van der Waals surface area contributed by atoms with E-state index in [1.54, 1.807) is 18.6 Å². The lowest BCUT2D eigenvalue weighted by Crippen LogP contribution is -2.20. The molecule has 4 heteroatoms. The van der Waals surface area contributed by atoms with Crippen LogP contribution in [0, 0.1) is 11.7 Å². The van der Waals surface area contributed by atoms with E-state index in [2.05, 4.69) is 24.1 Å². The summed E-state index contributed by atoms with van der Waals surface area (Å²) in [5, 5.41) is 3.27. The normalized spacial score (nSPS) is 11.1. The highest BCUT2D eigenvalue weighted by Gasteiger charge is 2.09. The van der Waals surface area contributed by atoms with Crippen LogP contribution < -0.4 is 5.32 Å². The number of imidazole rings is 1. The Morgan fingerprint density at radius 2 is 2.22 bits per heavy atom. The van der Waals surface area contributed by atoms with Gasteiger partial charge >= 0.3 is 0 Å². The fourth-order valence-electron chi connectivity index (χ4n) is 1.85. The Hall–Kier alpha value is -1.68. The molecule has 0 amide bonds. The second kappa shape index (κ2) is 5.78. The lowest BCUT2D eigenvalue weighted by molar-refractivity contribution is 0.533. The average Bonchev–Trinajstić information content (AvgIpc) is 2.84. The van der Waals surface area contributed by atoms with Crippen molar-refractivity contribution in [3.05, 3.63) is 48.3 Å². The fourth-order valence-corrected chi connectivity index (χ4v) is 1.85. The van der Waals surface area contributed by atoms with Crippen molar-refractivity contribution >= 4 is 0 Å². The van der Waals surface area contributed by atoms with E-state index in [1.807, 2.05) is 16.8 Å². The number of nitrogens with one attached hydrogen (secondary N) is 1. The van der Waals surface area contributed by atoms with Crippen LogP contribution in [0.5, 0.6) is 0 Å². The standard InChI is InChI=1S/C14H18FN3/c1-11(2)8-17-9-12-13(15)4-3-5-14(12)18-7-6-16-10-18/h3-7,10-11,17H,8-9H2,1-2H3. The Balaban J connectivity index is 2.22. The van der Waals surface area contributed by atoms with Crippen molar-refractivity contribution in [2.24, 2.45) is 5.92 Å². The van der Waals surface area contributed by atoms with Gasteiger partial charge in [-0.2, -0.15) is 0 Å². The lowest BCUT2D eigenvalue weighted by Gasteiger charge is -2.13. The molecule has 1 N–H and O–H groups in total. The Morgan fingerprint density at radius 3 is 2.89 bits per heavy atom. The Morgan fingerprint density at radius 1 is 1.39 bits per heavy atom. The van der Waals surface area contributed by atoms with Gasteiger partial charge in [-0.3, -0.25) is 0 Å². The summed E-state index contributed by atoms with van der Waals surface area (Å²) in [5.74, 6) is 0.367. The highest BCUT2D eigenvalue weighted by molar-refractivity contribution is 5.41. The Labute approximate surface area is 107 Å². The summed E-state index contributed by atoms with van der Waals surface area (Å²) in [5.41, 5.74) is 1.51. The van der Waals surface area contributed by atoms with Crippen molar-refractivity contribution in [2.45, 2.75) is 20.4 Å². The zero-order valence-electron chi connectivity index (χ0n) is 10.7. The van der Waals surface area contributed by atoms with Gasteiger partial charge in [-0.25, -0.2) is 9.37 Å². The van der Waals surface area contributed by atoms with E-state index >= 15 is 0 Å². The molecule has 1 aromatic carbocycles. The minimum atomic E-state index is -0.183. The topological polar surface area (TPSA) is 29.9 Å². The highest BCUT2D eigenvalue weighted by atomic mass is 19.1. The Bertz CT molecular complexity index is 492. The van der Waals surface area contributed by atoms with Gasteiger partial charge in [0.15, 0.2) is 0 Å². The molecule has 96 valence electrons. The van der Waals surface area contributed by atoms with Crippen LogP contribution >= 0.6 is 0 Å². The first-order valence-corrected chi connectivity index (χ1v) is 6.15. The first kappa shape index (κ1) is 12.8. The Kier molecular flexibility index (Phi) is 4.10. The maximum atomic E-state index is 13.9. The zero-order valence-corrected chi connectivity index (χ0v) is 10.7. The first-order chi connectivity index (χ1) is 8.68. The summed E-state index contributed by atoms with van der Waals surface area (Å²) in [6, 6.07) is 5.11. The molecule has 0 aliphatic carbocycles. The number of halogens is 1. The maximum Gasteiger partial charge on any atom is 0.129 e. The number of hydrogen-bond acceptors (Lipinski definition) is 2. The van der Waals surface area contributed by atoms with E-state index in [4.69, 9.17) is 0 Å². The summed E-state index contributed by atoms with van der Waals surface area (Å²) in [4.78, 5) is 4.00. The van der Waals surface area contributed by atoms with Crippen LogP contribution in [0.3, 0.4) is 0 Å². The molecule has 1 aromatic heterocycles. The van der Waals surface area contributed by atoms with Crippen molar-refractivity contribution in [1.29, 1.82) is 0 Å². The van der Waals surface area contributed by atoms with Crippen molar-refractivity contribution in [3.63, 3.8) is 0 Å². The molecule has 0 saturated carbocycles. The van der Waals surface area contributed by atoms with Crippen LogP contribution in [0.25, 0.3) is 5.69 Å². The molecule has 0 radical (unpaired) electrons. The SMILES string of the molecule is CC(C)CNCc1c(F)cccc1-n1ccnc1. The zero-order chi connectivity index (χ0) is 13.0. The second-order valence-corrected chi connectivity index (χ2v) is 4.73. The molecular formula is C14H18FN3. The summed E-state index contributed by atoms with van der Waals surface area (Å²) < 4.78 is 15.7. The van der Waals surface area contributed by atoms with Gasteiger partial charge in [0.2, 0.25) is 0 Å². The van der Waals surface area contributed by atoms with Crippen molar-refractivity contribution < 1.29 is 4.39 Å². The molecule has 1 heterocycles. The van der Waals surface area contributed by atoms with Crippen LogP contribution in [0.1, 0.15) is 19.4 Å². The molecule has 0 aliphatic rings. The molecule has 0 unspecified atom stereocenters. The van der Waals surface area contributed by atoms with Crippen molar-refractivity contribution in [3.8, 4) is 5.69 Å². The van der Waals surface area contributed by atoms with E-state index in [-0.39, 0.29) is 5.82 Å². The van der Waals surface area contributed by atoms with E-state index in [0.29, 0.717) is 18.0 Å². The van der Waals surface area contributed by atoms with Gasteiger partial charge in [-0.15, -0.1) is 0 Å². The van der Waals surface area contributed by atoms with Crippen molar-refractivity contribution in [2.75, 3.05) is 6.54 Å². The molecule has 0 aliphatic heterocycles. The highest BCUT2D eigenvalue weighted by Crippen LogP contribution is 2.17. The largest absolute Gasteiger partial charge is 0.312 e. The smallest absolute Gasteiger partial charge is 0.129 e. The number of benzene rings is 1. The molecule has 2 aromatic rings. The van der Waals surface area contributed by atoms with Crippen LogP contribution in [0.15, 0.2) is 36.9 Å². The van der Waals surface area contributed by atoms with Crippen LogP contribution in [0.4, 0.5) is 4.39 Å². The van der Waals surface area contributed by atoms with Crippen LogP contribution in [0.2, 0.25) is 0 Å². The molecule has 18 heavy (non-hydrogen) atoms. The molecule has 0 spiro atoms. The monoisotopic (exact) mass is 247 g/mol. The molecule has 0 bridgehead atoms. The number of aromatic nitrogens is 2. The number of rotatable bonds is 5. The van der Waals surface area contributed by atoms with E-state index in [0.717, 1.165) is 12.2 Å². The summed E-state index contributed by atoms with van der Waals surface area (Å²) in [6.45, 7) is 5.66. The molecule has 0 fully saturated rings. The molecule has 0 atom stereocenters. The minimum absolute atomic E-state index is 0.183. The molecule has 2 rings (SSSR count). The first-order valence-electron chi connectivity index (χ1n) is 6.15. The van der Waals surface area contributed by atoms with Gasteiger partial charge in [-0.1, -0.05) is 19.9 Å². The van der Waals surface area contributed by atoms with Gasteiger partial charge in [-0.05, 0) is 24.6 Å². The van der Waals surface area contributed by atoms with Gasteiger partial charge in [0, 0.05) is 24.5 Å². The summed E-state index contributed by atoms with van der Waals surface area (Å²) in [6.07, 6.45) is 5.19. The van der Waals surface area contributed by atoms with Crippen LogP contribution in [-0.4, -0.2) is 16.1 Å². The maximum absolute atomic E-state index is 13.9. The van der Waals surface area contributed by atoms with Crippen LogP contribution in [-0.2, 0) is 6.54 Å². The predicted octanol–water partition coefficient (Wildman–Crippen LogP) is 2.76. The minimum Gasteiger partial charge on any atom is -0.312 e. The summed E-state index contributed by atoms with van der Waals surface area (Å²) in [7, 11) is 0. The van der Waals surface area contributed by atoms with Gasteiger partial charge in [0.1, 0.15) is 5.82 Å². The third-order valence-corrected chi connectivity index (χ3v) is 2.73. The van der Waals surface area contributed by atoms with E-state index in [1.165, 1.54) is 6.07 Å². The lowest BCUT2D eigenvalue weighted by atomic mass is 10.1. The van der Waals surface area contributed by atoms with Gasteiger partial charge < -0.3 is 9.88 Å². The van der Waals surface area contributed by atoms with Gasteiger partial charge in [0.25, 0.3) is 0 Å². The number of hydrogen-bond donors (Lipinski definition) is 1. The quantitative estimate of drug-likeness (QED) is 0.880. The predicted molar refractivity (Wildman–Crippen MR) is 70.1 cm³/mol.